The van der Waals surface area contributed by atoms with E-state index in [1.807, 2.05) is 0 Å². The van der Waals surface area contributed by atoms with Gasteiger partial charge < -0.3 is 10.6 Å². The maximum Gasteiger partial charge on any atom is 0.253 e. The van der Waals surface area contributed by atoms with Gasteiger partial charge in [-0.3, -0.25) is 4.79 Å². The monoisotopic (exact) mass is 256 g/mol. The van der Waals surface area contributed by atoms with Crippen LogP contribution in [-0.2, 0) is 0 Å². The minimum Gasteiger partial charge on any atom is -0.342 e. The molecule has 1 aromatic carbocycles. The average Bonchev–Trinajstić information content (AvgIpc) is 2.32. The molecule has 3 nitrogen and oxygen atoms in total. The van der Waals surface area contributed by atoms with Crippen LogP contribution < -0.4 is 5.73 Å². The topological polar surface area (TPSA) is 46.3 Å². The summed E-state index contributed by atoms with van der Waals surface area (Å²) >= 11 is 0. The van der Waals surface area contributed by atoms with E-state index in [1.54, 1.807) is 7.05 Å². The van der Waals surface area contributed by atoms with E-state index in [0.717, 1.165) is 37.5 Å². The van der Waals surface area contributed by atoms with Crippen molar-refractivity contribution in [2.24, 2.45) is 5.73 Å². The van der Waals surface area contributed by atoms with Crippen molar-refractivity contribution in [3.63, 3.8) is 0 Å². The number of carbonyl (C=O) groups excluding carboxylic acids is 1. The predicted molar refractivity (Wildman–Crippen MR) is 66.2 cm³/mol. The molecule has 1 amide bonds. The smallest absolute Gasteiger partial charge is 0.253 e. The summed E-state index contributed by atoms with van der Waals surface area (Å²) in [5.41, 5.74) is 5.40. The van der Waals surface area contributed by atoms with Gasteiger partial charge in [0.2, 0.25) is 0 Å². The lowest BCUT2D eigenvalue weighted by Gasteiger charge is -2.17. The minimum absolute atomic E-state index is 0.0359. The third-order valence-corrected chi connectivity index (χ3v) is 2.65. The van der Waals surface area contributed by atoms with Gasteiger partial charge in [-0.2, -0.15) is 0 Å². The molecule has 0 radical (unpaired) electrons. The number of hydrogen-bond donors (Lipinski definition) is 1. The van der Waals surface area contributed by atoms with Gasteiger partial charge >= 0.3 is 0 Å². The van der Waals surface area contributed by atoms with E-state index in [9.17, 15) is 13.6 Å². The molecule has 0 aliphatic rings. The highest BCUT2D eigenvalue weighted by molar-refractivity contribution is 5.94. The second-order valence-corrected chi connectivity index (χ2v) is 4.23. The zero-order valence-corrected chi connectivity index (χ0v) is 10.5. The van der Waals surface area contributed by atoms with Gasteiger partial charge in [-0.1, -0.05) is 6.42 Å². The summed E-state index contributed by atoms with van der Waals surface area (Å²) in [6, 6.07) is 2.83. The van der Waals surface area contributed by atoms with Crippen molar-refractivity contribution in [3.05, 3.63) is 35.4 Å². The maximum atomic E-state index is 13.0. The number of unbranched alkanes of at least 4 members (excludes halogenated alkanes) is 2. The molecule has 5 heteroatoms. The molecule has 0 atom stereocenters. The second kappa shape index (κ2) is 7.06. The van der Waals surface area contributed by atoms with Crippen LogP contribution in [0.3, 0.4) is 0 Å². The van der Waals surface area contributed by atoms with E-state index < -0.39 is 11.6 Å². The van der Waals surface area contributed by atoms with Gasteiger partial charge in [-0.25, -0.2) is 8.78 Å². The number of halogens is 2. The maximum absolute atomic E-state index is 13.0. The summed E-state index contributed by atoms with van der Waals surface area (Å²) in [4.78, 5) is 13.3. The molecular formula is C13H18F2N2O. The van der Waals surface area contributed by atoms with Crippen molar-refractivity contribution in [1.29, 1.82) is 0 Å². The summed E-state index contributed by atoms with van der Waals surface area (Å²) in [6.45, 7) is 1.18. The van der Waals surface area contributed by atoms with Crippen molar-refractivity contribution in [2.45, 2.75) is 19.3 Å². The molecule has 18 heavy (non-hydrogen) atoms. The van der Waals surface area contributed by atoms with Crippen LogP contribution in [0.4, 0.5) is 8.78 Å². The fourth-order valence-corrected chi connectivity index (χ4v) is 1.67. The number of carbonyl (C=O) groups is 1. The van der Waals surface area contributed by atoms with Crippen molar-refractivity contribution < 1.29 is 13.6 Å². The first-order valence-corrected chi connectivity index (χ1v) is 5.96. The first-order chi connectivity index (χ1) is 8.54. The SMILES string of the molecule is CN(CCCCCN)C(=O)c1cc(F)cc(F)c1. The molecule has 0 aliphatic carbocycles. The van der Waals surface area contributed by atoms with Crippen molar-refractivity contribution in [2.75, 3.05) is 20.1 Å². The van der Waals surface area contributed by atoms with Crippen molar-refractivity contribution >= 4 is 5.91 Å². The zero-order valence-electron chi connectivity index (χ0n) is 10.5. The number of nitrogens with zero attached hydrogens (tertiary/aromatic N) is 1. The van der Waals surface area contributed by atoms with Crippen LogP contribution in [0.2, 0.25) is 0 Å². The Balaban J connectivity index is 2.57. The van der Waals surface area contributed by atoms with Gasteiger partial charge in [-0.15, -0.1) is 0 Å². The minimum atomic E-state index is -0.741. The highest BCUT2D eigenvalue weighted by atomic mass is 19.1. The van der Waals surface area contributed by atoms with E-state index in [4.69, 9.17) is 5.73 Å². The number of benzene rings is 1. The Kier molecular flexibility index (Phi) is 5.71. The average molecular weight is 256 g/mol. The standard InChI is InChI=1S/C13H18F2N2O/c1-17(6-4-2-3-5-16)13(18)10-7-11(14)9-12(15)8-10/h7-9H,2-6,16H2,1H3. The third kappa shape index (κ3) is 4.41. The second-order valence-electron chi connectivity index (χ2n) is 4.23. The van der Waals surface area contributed by atoms with E-state index in [2.05, 4.69) is 0 Å². The van der Waals surface area contributed by atoms with Crippen LogP contribution in [0, 0.1) is 11.6 Å². The fraction of sp³-hybridized carbons (Fsp3) is 0.462. The van der Waals surface area contributed by atoms with Crippen LogP contribution >= 0.6 is 0 Å². The van der Waals surface area contributed by atoms with Crippen LogP contribution in [0.25, 0.3) is 0 Å². The Labute approximate surface area is 106 Å². The lowest BCUT2D eigenvalue weighted by atomic mass is 10.1. The zero-order chi connectivity index (χ0) is 13.5. The largest absolute Gasteiger partial charge is 0.342 e. The Morgan fingerprint density at radius 1 is 1.17 bits per heavy atom. The predicted octanol–water partition coefficient (Wildman–Crippen LogP) is 2.17. The summed E-state index contributed by atoms with van der Waals surface area (Å²) in [7, 11) is 1.62. The van der Waals surface area contributed by atoms with Gasteiger partial charge in [0, 0.05) is 25.2 Å². The Morgan fingerprint density at radius 3 is 2.33 bits per heavy atom. The molecule has 0 bridgehead atoms. The normalized spacial score (nSPS) is 10.4. The van der Waals surface area contributed by atoms with Crippen LogP contribution in [0.5, 0.6) is 0 Å². The fourth-order valence-electron chi connectivity index (χ4n) is 1.67. The molecule has 0 heterocycles. The molecule has 1 rings (SSSR count). The Morgan fingerprint density at radius 2 is 1.78 bits per heavy atom. The molecule has 0 saturated carbocycles. The van der Waals surface area contributed by atoms with Gasteiger partial charge in [0.25, 0.3) is 5.91 Å². The van der Waals surface area contributed by atoms with Gasteiger partial charge in [0.15, 0.2) is 0 Å². The van der Waals surface area contributed by atoms with E-state index in [1.165, 1.54) is 4.90 Å². The number of hydrogen-bond acceptors (Lipinski definition) is 2. The van der Waals surface area contributed by atoms with E-state index >= 15 is 0 Å². The summed E-state index contributed by atoms with van der Waals surface area (Å²) in [5.74, 6) is -1.86. The first-order valence-electron chi connectivity index (χ1n) is 5.96. The van der Waals surface area contributed by atoms with Crippen LogP contribution in [0.15, 0.2) is 18.2 Å². The Bertz CT molecular complexity index is 390. The lowest BCUT2D eigenvalue weighted by molar-refractivity contribution is 0.0791. The van der Waals surface area contributed by atoms with Crippen LogP contribution in [-0.4, -0.2) is 30.9 Å². The van der Waals surface area contributed by atoms with Crippen LogP contribution in [0.1, 0.15) is 29.6 Å². The quantitative estimate of drug-likeness (QED) is 0.793. The summed E-state index contributed by atoms with van der Waals surface area (Å²) in [5, 5.41) is 0. The highest BCUT2D eigenvalue weighted by Crippen LogP contribution is 2.10. The molecule has 100 valence electrons. The molecular weight excluding hydrogens is 238 g/mol. The van der Waals surface area contributed by atoms with Gasteiger partial charge in [-0.05, 0) is 31.5 Å². The highest BCUT2D eigenvalue weighted by Gasteiger charge is 2.13. The van der Waals surface area contributed by atoms with Crippen molar-refractivity contribution in [3.8, 4) is 0 Å². The third-order valence-electron chi connectivity index (χ3n) is 2.65. The molecule has 0 spiro atoms. The molecule has 1 aromatic rings. The van der Waals surface area contributed by atoms with Gasteiger partial charge in [0.05, 0.1) is 0 Å². The number of nitrogens with two attached hydrogens (primary N) is 1. The summed E-state index contributed by atoms with van der Waals surface area (Å²) in [6.07, 6.45) is 2.68. The summed E-state index contributed by atoms with van der Waals surface area (Å²) < 4.78 is 26.0. The number of amides is 1. The Hall–Kier alpha value is -1.49. The number of rotatable bonds is 6. The molecule has 2 N–H and O–H groups in total. The first kappa shape index (κ1) is 14.6. The molecule has 0 fully saturated rings. The van der Waals surface area contributed by atoms with Crippen molar-refractivity contribution in [1.82, 2.24) is 4.90 Å². The molecule has 0 saturated heterocycles. The molecule has 0 aliphatic heterocycles. The molecule has 0 aromatic heterocycles. The van der Waals surface area contributed by atoms with Gasteiger partial charge in [0.1, 0.15) is 11.6 Å². The lowest BCUT2D eigenvalue weighted by Crippen LogP contribution is -2.28. The van der Waals surface area contributed by atoms with E-state index in [0.29, 0.717) is 13.1 Å². The van der Waals surface area contributed by atoms with E-state index in [-0.39, 0.29) is 11.5 Å². The molecule has 0 unspecified atom stereocenters.